The van der Waals surface area contributed by atoms with Gasteiger partial charge in [0.25, 0.3) is 0 Å². The van der Waals surface area contributed by atoms with E-state index in [9.17, 15) is 43.2 Å². The van der Waals surface area contributed by atoms with Gasteiger partial charge >= 0.3 is 39.5 Å². The number of unbranched alkanes of at least 4 members (excludes halogenated alkanes) is 47. The quantitative estimate of drug-likeness (QED) is 0.0222. The van der Waals surface area contributed by atoms with Crippen LogP contribution in [0.15, 0.2) is 0 Å². The molecule has 0 rings (SSSR count). The molecule has 0 spiro atoms. The first-order chi connectivity index (χ1) is 49.3. The van der Waals surface area contributed by atoms with E-state index in [1.165, 1.54) is 244 Å². The summed E-state index contributed by atoms with van der Waals surface area (Å²) in [7, 11) is -9.92. The monoisotopic (exact) mass is 1490 g/mol. The van der Waals surface area contributed by atoms with Crippen LogP contribution in [0, 0.1) is 17.8 Å². The number of carbonyl (C=O) groups excluding carboxylic acids is 4. The third kappa shape index (κ3) is 73.6. The SMILES string of the molecule is CCCCCCCCCCCCCCCCCCCC(=O)OC[C@H](COP(=O)(O)OC[C@@H](O)COP(=O)(O)OC[C@@H](COC(=O)CCCCCCCCCCC(C)C)OC(=O)CCCCCCCCCCC(C)CC)OC(=O)CCCCCCCCCCCCCCCCCCCCC(C)CC. The first-order valence-electron chi connectivity index (χ1n) is 42.9. The van der Waals surface area contributed by atoms with E-state index < -0.39 is 97.5 Å². The molecule has 0 heterocycles. The zero-order chi connectivity index (χ0) is 75.1. The van der Waals surface area contributed by atoms with Gasteiger partial charge in [0.2, 0.25) is 0 Å². The van der Waals surface area contributed by atoms with Gasteiger partial charge in [0.1, 0.15) is 19.3 Å². The number of esters is 4. The van der Waals surface area contributed by atoms with Crippen LogP contribution in [0.5, 0.6) is 0 Å². The van der Waals surface area contributed by atoms with Crippen molar-refractivity contribution in [2.75, 3.05) is 39.6 Å². The van der Waals surface area contributed by atoms with E-state index >= 15 is 0 Å². The molecule has 0 aliphatic carbocycles. The van der Waals surface area contributed by atoms with Gasteiger partial charge in [0, 0.05) is 25.7 Å². The summed E-state index contributed by atoms with van der Waals surface area (Å²) in [5, 5.41) is 10.6. The number of phosphoric acid groups is 2. The molecule has 0 saturated heterocycles. The van der Waals surface area contributed by atoms with E-state index in [0.29, 0.717) is 25.7 Å². The Hall–Kier alpha value is -1.94. The van der Waals surface area contributed by atoms with Crippen LogP contribution in [-0.4, -0.2) is 96.7 Å². The van der Waals surface area contributed by atoms with Gasteiger partial charge in [0.15, 0.2) is 12.2 Å². The lowest BCUT2D eigenvalue weighted by Gasteiger charge is -2.21. The average Bonchev–Trinajstić information content (AvgIpc) is 0.923. The van der Waals surface area contributed by atoms with Gasteiger partial charge in [-0.3, -0.25) is 37.3 Å². The van der Waals surface area contributed by atoms with Gasteiger partial charge in [-0.2, -0.15) is 0 Å². The summed E-state index contributed by atoms with van der Waals surface area (Å²) in [5.41, 5.74) is 0. The Kier molecular flexibility index (Phi) is 71.8. The summed E-state index contributed by atoms with van der Waals surface area (Å²) < 4.78 is 68.8. The Morgan fingerprint density at radius 3 is 0.745 bits per heavy atom. The lowest BCUT2D eigenvalue weighted by molar-refractivity contribution is -0.161. The first-order valence-corrected chi connectivity index (χ1v) is 45.9. The lowest BCUT2D eigenvalue weighted by atomic mass is 9.99. The van der Waals surface area contributed by atoms with Gasteiger partial charge in [0.05, 0.1) is 26.4 Å². The molecule has 0 aromatic carbocycles. The van der Waals surface area contributed by atoms with Crippen molar-refractivity contribution < 1.29 is 80.2 Å². The Morgan fingerprint density at radius 1 is 0.284 bits per heavy atom. The van der Waals surface area contributed by atoms with Crippen molar-refractivity contribution in [2.45, 2.75) is 452 Å². The zero-order valence-electron chi connectivity index (χ0n) is 67.1. The van der Waals surface area contributed by atoms with E-state index in [2.05, 4.69) is 48.5 Å². The van der Waals surface area contributed by atoms with Crippen molar-refractivity contribution in [3.05, 3.63) is 0 Å². The Balaban J connectivity index is 5.22. The summed E-state index contributed by atoms with van der Waals surface area (Å²) in [6.45, 7) is 12.0. The molecule has 17 nitrogen and oxygen atoms in total. The highest BCUT2D eigenvalue weighted by Gasteiger charge is 2.30. The smallest absolute Gasteiger partial charge is 0.462 e. The van der Waals surface area contributed by atoms with Crippen LogP contribution < -0.4 is 0 Å². The minimum atomic E-state index is -4.96. The fourth-order valence-electron chi connectivity index (χ4n) is 12.8. The van der Waals surface area contributed by atoms with Gasteiger partial charge in [-0.1, -0.05) is 382 Å². The summed E-state index contributed by atoms with van der Waals surface area (Å²) in [6, 6.07) is 0. The maximum absolute atomic E-state index is 13.1. The molecule has 19 heteroatoms. The molecule has 0 aromatic rings. The molecule has 0 aromatic heterocycles. The second-order valence-electron chi connectivity index (χ2n) is 30.8. The number of carbonyl (C=O) groups is 4. The van der Waals surface area contributed by atoms with Crippen molar-refractivity contribution in [2.24, 2.45) is 17.8 Å². The van der Waals surface area contributed by atoms with Crippen LogP contribution in [0.1, 0.15) is 434 Å². The number of hydrogen-bond acceptors (Lipinski definition) is 15. The predicted molar refractivity (Wildman–Crippen MR) is 418 cm³/mol. The highest BCUT2D eigenvalue weighted by Crippen LogP contribution is 2.45. The van der Waals surface area contributed by atoms with E-state index in [4.69, 9.17) is 37.0 Å². The zero-order valence-corrected chi connectivity index (χ0v) is 68.9. The van der Waals surface area contributed by atoms with Crippen LogP contribution in [0.2, 0.25) is 0 Å². The molecule has 0 radical (unpaired) electrons. The van der Waals surface area contributed by atoms with E-state index in [-0.39, 0.29) is 25.7 Å². The van der Waals surface area contributed by atoms with Gasteiger partial charge in [-0.25, -0.2) is 9.13 Å². The van der Waals surface area contributed by atoms with E-state index in [1.807, 2.05) is 0 Å². The van der Waals surface area contributed by atoms with Crippen LogP contribution >= 0.6 is 15.6 Å². The van der Waals surface area contributed by atoms with Crippen molar-refractivity contribution in [3.63, 3.8) is 0 Å². The van der Waals surface area contributed by atoms with Crippen molar-refractivity contribution in [1.29, 1.82) is 0 Å². The highest BCUT2D eigenvalue weighted by molar-refractivity contribution is 7.47. The summed E-state index contributed by atoms with van der Waals surface area (Å²) in [6.07, 6.45) is 62.5. The molecule has 0 amide bonds. The molecular weight excluding hydrogens is 1330 g/mol. The maximum atomic E-state index is 13.1. The number of aliphatic hydroxyl groups excluding tert-OH is 1. The van der Waals surface area contributed by atoms with Gasteiger partial charge < -0.3 is 33.8 Å². The molecule has 606 valence electrons. The van der Waals surface area contributed by atoms with Crippen molar-refractivity contribution in [1.82, 2.24) is 0 Å². The number of rotatable bonds is 81. The largest absolute Gasteiger partial charge is 0.472 e. The molecule has 4 unspecified atom stereocenters. The molecule has 0 aliphatic heterocycles. The third-order valence-corrected chi connectivity index (χ3v) is 22.0. The normalized spacial score (nSPS) is 14.5. The average molecular weight is 1490 g/mol. The predicted octanol–water partition coefficient (Wildman–Crippen LogP) is 24.9. The second-order valence-corrected chi connectivity index (χ2v) is 33.7. The third-order valence-electron chi connectivity index (χ3n) is 20.1. The molecule has 0 saturated carbocycles. The van der Waals surface area contributed by atoms with Crippen molar-refractivity contribution in [3.8, 4) is 0 Å². The molecule has 3 N–H and O–H groups in total. The van der Waals surface area contributed by atoms with E-state index in [1.54, 1.807) is 0 Å². The number of phosphoric ester groups is 2. The van der Waals surface area contributed by atoms with Crippen LogP contribution in [0.3, 0.4) is 0 Å². The minimum absolute atomic E-state index is 0.105. The number of aliphatic hydroxyl groups is 1. The van der Waals surface area contributed by atoms with Crippen LogP contribution in [0.25, 0.3) is 0 Å². The lowest BCUT2D eigenvalue weighted by Crippen LogP contribution is -2.30. The Bertz CT molecular complexity index is 1980. The summed E-state index contributed by atoms with van der Waals surface area (Å²) >= 11 is 0. The second kappa shape index (κ2) is 73.2. The summed E-state index contributed by atoms with van der Waals surface area (Å²) in [4.78, 5) is 73.1. The molecular formula is C83H162O17P2. The van der Waals surface area contributed by atoms with Crippen LogP contribution in [-0.2, 0) is 65.4 Å². The number of hydrogen-bond donors (Lipinski definition) is 3. The fraction of sp³-hybridized carbons (Fsp3) is 0.952. The summed E-state index contributed by atoms with van der Waals surface area (Å²) in [5.74, 6) is 0.256. The minimum Gasteiger partial charge on any atom is -0.462 e. The topological polar surface area (TPSA) is 237 Å². The Morgan fingerprint density at radius 2 is 0.500 bits per heavy atom. The standard InChI is InChI=1S/C83H162O17P2/c1-8-11-12-13-14-15-16-17-18-21-25-28-31-34-43-50-57-64-80(85)93-70-78(99-82(87)66-59-52-45-35-32-29-26-23-20-19-22-24-27-30-33-41-48-55-62-75(6)9-2)72-97-101(89,90)95-68-77(84)69-96-102(91,92)98-73-79(71-94-81(86)65-58-51-44-38-36-40-47-54-61-74(4)5)100-83(88)67-60-53-46-39-37-42-49-56-63-76(7)10-3/h74-79,84H,8-73H2,1-7H3,(H,89,90)(H,91,92)/t75?,76?,77-,78-,79-/m1/s1. The molecule has 0 bridgehead atoms. The molecule has 102 heavy (non-hydrogen) atoms. The molecule has 0 aliphatic rings. The maximum Gasteiger partial charge on any atom is 0.472 e. The van der Waals surface area contributed by atoms with Gasteiger partial charge in [-0.15, -0.1) is 0 Å². The molecule has 7 atom stereocenters. The van der Waals surface area contributed by atoms with E-state index in [0.717, 1.165) is 108 Å². The van der Waals surface area contributed by atoms with Crippen molar-refractivity contribution >= 4 is 39.5 Å². The first kappa shape index (κ1) is 100. The molecule has 0 fully saturated rings. The van der Waals surface area contributed by atoms with Crippen LogP contribution in [0.4, 0.5) is 0 Å². The Labute approximate surface area is 626 Å². The van der Waals surface area contributed by atoms with Gasteiger partial charge in [-0.05, 0) is 43.4 Å². The fourth-order valence-corrected chi connectivity index (χ4v) is 14.4. The highest BCUT2D eigenvalue weighted by atomic mass is 31.2. The number of ether oxygens (including phenoxy) is 4.